The van der Waals surface area contributed by atoms with E-state index >= 15 is 0 Å². The molecule has 0 aliphatic carbocycles. The van der Waals surface area contributed by atoms with Gasteiger partial charge < -0.3 is 29.0 Å². The number of carbonyl (C=O) groups excluding carboxylic acids is 1. The third kappa shape index (κ3) is 6.20. The van der Waals surface area contributed by atoms with Crippen molar-refractivity contribution in [2.45, 2.75) is 25.0 Å². The number of hydrogen-bond donors (Lipinski definition) is 1. The first kappa shape index (κ1) is 24.3. The van der Waals surface area contributed by atoms with Gasteiger partial charge in [-0.1, -0.05) is 6.07 Å². The van der Waals surface area contributed by atoms with Crippen LogP contribution < -0.4 is 19.5 Å². The molecule has 0 unspecified atom stereocenters. The molecule has 0 spiro atoms. The summed E-state index contributed by atoms with van der Waals surface area (Å²) >= 11 is 0. The van der Waals surface area contributed by atoms with Gasteiger partial charge in [-0.05, 0) is 54.8 Å². The summed E-state index contributed by atoms with van der Waals surface area (Å²) in [6, 6.07) is 13.1. The second-order valence-electron chi connectivity index (χ2n) is 8.46. The number of morpholine rings is 1. The van der Waals surface area contributed by atoms with Crippen LogP contribution in [-0.2, 0) is 9.47 Å². The van der Waals surface area contributed by atoms with E-state index in [0.717, 1.165) is 43.9 Å². The standard InChI is InChI=1S/C26H34N2O6/c1-30-24-10-7-20(16-25(24)31-2)23(28-11-14-32-15-12-28)17-27-26(29)19-5-8-21(9-6-19)34-18-22-4-3-13-33-22/h5-10,16,22-23H,3-4,11-15,17-18H2,1-2H3,(H,27,29)/t22-,23-/m1/s1. The lowest BCUT2D eigenvalue weighted by Gasteiger charge is -2.35. The van der Waals surface area contributed by atoms with Crippen LogP contribution in [0, 0.1) is 0 Å². The molecule has 2 heterocycles. The lowest BCUT2D eigenvalue weighted by molar-refractivity contribution is 0.0162. The van der Waals surface area contributed by atoms with Crippen LogP contribution in [0.15, 0.2) is 42.5 Å². The number of carbonyl (C=O) groups is 1. The summed E-state index contributed by atoms with van der Waals surface area (Å²) in [6.45, 7) is 4.75. The van der Waals surface area contributed by atoms with E-state index < -0.39 is 0 Å². The van der Waals surface area contributed by atoms with Crippen molar-refractivity contribution >= 4 is 5.91 Å². The second kappa shape index (κ2) is 12.1. The van der Waals surface area contributed by atoms with Crippen molar-refractivity contribution in [3.8, 4) is 17.2 Å². The van der Waals surface area contributed by atoms with Gasteiger partial charge >= 0.3 is 0 Å². The third-order valence-electron chi connectivity index (χ3n) is 6.31. The van der Waals surface area contributed by atoms with Gasteiger partial charge in [0, 0.05) is 31.8 Å². The lowest BCUT2D eigenvalue weighted by Crippen LogP contribution is -2.43. The van der Waals surface area contributed by atoms with E-state index in [1.165, 1.54) is 0 Å². The molecular formula is C26H34N2O6. The first-order valence-corrected chi connectivity index (χ1v) is 11.8. The normalized spacial score (nSPS) is 19.4. The minimum atomic E-state index is -0.121. The molecule has 2 aliphatic rings. The fraction of sp³-hybridized carbons (Fsp3) is 0.500. The van der Waals surface area contributed by atoms with Gasteiger partial charge in [0.25, 0.3) is 5.91 Å². The van der Waals surface area contributed by atoms with Gasteiger partial charge in [-0.25, -0.2) is 0 Å². The van der Waals surface area contributed by atoms with Crippen molar-refractivity contribution in [1.29, 1.82) is 0 Å². The molecule has 8 nitrogen and oxygen atoms in total. The predicted molar refractivity (Wildman–Crippen MR) is 128 cm³/mol. The third-order valence-corrected chi connectivity index (χ3v) is 6.31. The van der Waals surface area contributed by atoms with Crippen molar-refractivity contribution in [3.05, 3.63) is 53.6 Å². The molecule has 2 fully saturated rings. The van der Waals surface area contributed by atoms with E-state index in [1.807, 2.05) is 30.3 Å². The van der Waals surface area contributed by atoms with Crippen LogP contribution in [0.4, 0.5) is 0 Å². The largest absolute Gasteiger partial charge is 0.493 e. The Morgan fingerprint density at radius 1 is 1.06 bits per heavy atom. The van der Waals surface area contributed by atoms with Crippen LogP contribution in [0.5, 0.6) is 17.2 Å². The molecule has 2 aromatic rings. The molecular weight excluding hydrogens is 436 g/mol. The Kier molecular flexibility index (Phi) is 8.62. The van der Waals surface area contributed by atoms with Gasteiger partial charge in [-0.15, -0.1) is 0 Å². The van der Waals surface area contributed by atoms with E-state index in [4.69, 9.17) is 23.7 Å². The van der Waals surface area contributed by atoms with E-state index in [-0.39, 0.29) is 18.1 Å². The van der Waals surface area contributed by atoms with Gasteiger partial charge in [-0.3, -0.25) is 9.69 Å². The SMILES string of the molecule is COc1ccc([C@@H](CNC(=O)c2ccc(OC[C@H]3CCCO3)cc2)N2CCOCC2)cc1OC. The zero-order chi connectivity index (χ0) is 23.8. The average molecular weight is 471 g/mol. The van der Waals surface area contributed by atoms with Crippen LogP contribution in [-0.4, -0.2) is 77.2 Å². The fourth-order valence-corrected chi connectivity index (χ4v) is 4.37. The Morgan fingerprint density at radius 2 is 1.82 bits per heavy atom. The second-order valence-corrected chi connectivity index (χ2v) is 8.46. The molecule has 0 bridgehead atoms. The number of benzene rings is 2. The van der Waals surface area contributed by atoms with Gasteiger partial charge in [0.05, 0.1) is 39.6 Å². The Hall–Kier alpha value is -2.81. The zero-order valence-corrected chi connectivity index (χ0v) is 20.0. The van der Waals surface area contributed by atoms with Crippen LogP contribution in [0.2, 0.25) is 0 Å². The highest BCUT2D eigenvalue weighted by molar-refractivity contribution is 5.94. The highest BCUT2D eigenvalue weighted by atomic mass is 16.5. The number of methoxy groups -OCH3 is 2. The minimum absolute atomic E-state index is 0.0123. The van der Waals surface area contributed by atoms with E-state index in [9.17, 15) is 4.79 Å². The monoisotopic (exact) mass is 470 g/mol. The highest BCUT2D eigenvalue weighted by Gasteiger charge is 2.24. The summed E-state index contributed by atoms with van der Waals surface area (Å²) in [6.07, 6.45) is 2.28. The molecule has 2 aliphatic heterocycles. The summed E-state index contributed by atoms with van der Waals surface area (Å²) in [4.78, 5) is 15.2. The number of nitrogens with one attached hydrogen (secondary N) is 1. The molecule has 1 N–H and O–H groups in total. The molecule has 2 atom stereocenters. The Labute approximate surface area is 201 Å². The Balaban J connectivity index is 1.40. The quantitative estimate of drug-likeness (QED) is 0.572. The molecule has 184 valence electrons. The first-order valence-electron chi connectivity index (χ1n) is 11.8. The molecule has 0 aromatic heterocycles. The van der Waals surface area contributed by atoms with Crippen molar-refractivity contribution < 1.29 is 28.5 Å². The summed E-state index contributed by atoms with van der Waals surface area (Å²) in [5, 5.41) is 3.10. The van der Waals surface area contributed by atoms with E-state index in [0.29, 0.717) is 43.4 Å². The molecule has 2 aromatic carbocycles. The molecule has 0 radical (unpaired) electrons. The van der Waals surface area contributed by atoms with Crippen LogP contribution >= 0.6 is 0 Å². The number of ether oxygens (including phenoxy) is 5. The number of rotatable bonds is 10. The Morgan fingerprint density at radius 3 is 2.50 bits per heavy atom. The first-order chi connectivity index (χ1) is 16.7. The van der Waals surface area contributed by atoms with Gasteiger partial charge in [0.15, 0.2) is 11.5 Å². The number of hydrogen-bond acceptors (Lipinski definition) is 7. The summed E-state index contributed by atoms with van der Waals surface area (Å²) in [5.74, 6) is 1.97. The van der Waals surface area contributed by atoms with E-state index in [1.54, 1.807) is 26.4 Å². The van der Waals surface area contributed by atoms with Crippen LogP contribution in [0.25, 0.3) is 0 Å². The summed E-state index contributed by atoms with van der Waals surface area (Å²) < 4.78 is 27.8. The van der Waals surface area contributed by atoms with Crippen LogP contribution in [0.1, 0.15) is 34.8 Å². The summed E-state index contributed by atoms with van der Waals surface area (Å²) in [7, 11) is 3.25. The van der Waals surface area contributed by atoms with Crippen molar-refractivity contribution in [3.63, 3.8) is 0 Å². The zero-order valence-electron chi connectivity index (χ0n) is 20.0. The maximum atomic E-state index is 12.9. The van der Waals surface area contributed by atoms with Crippen molar-refractivity contribution in [2.75, 3.05) is 60.3 Å². The molecule has 34 heavy (non-hydrogen) atoms. The molecule has 2 saturated heterocycles. The fourth-order valence-electron chi connectivity index (χ4n) is 4.37. The number of amides is 1. The predicted octanol–water partition coefficient (Wildman–Crippen LogP) is 3.06. The Bertz CT molecular complexity index is 923. The molecule has 1 amide bonds. The smallest absolute Gasteiger partial charge is 0.251 e. The van der Waals surface area contributed by atoms with Crippen molar-refractivity contribution in [2.24, 2.45) is 0 Å². The van der Waals surface area contributed by atoms with Gasteiger partial charge in [0.1, 0.15) is 12.4 Å². The molecule has 8 heteroatoms. The maximum absolute atomic E-state index is 12.9. The van der Waals surface area contributed by atoms with Crippen LogP contribution in [0.3, 0.4) is 0 Å². The minimum Gasteiger partial charge on any atom is -0.493 e. The highest BCUT2D eigenvalue weighted by Crippen LogP contribution is 2.32. The molecule has 0 saturated carbocycles. The summed E-state index contributed by atoms with van der Waals surface area (Å²) in [5.41, 5.74) is 1.65. The van der Waals surface area contributed by atoms with Gasteiger partial charge in [-0.2, -0.15) is 0 Å². The average Bonchev–Trinajstić information content (AvgIpc) is 3.42. The number of nitrogens with zero attached hydrogens (tertiary/aromatic N) is 1. The maximum Gasteiger partial charge on any atom is 0.251 e. The topological polar surface area (TPSA) is 78.5 Å². The lowest BCUT2D eigenvalue weighted by atomic mass is 10.0. The van der Waals surface area contributed by atoms with E-state index in [2.05, 4.69) is 10.2 Å². The van der Waals surface area contributed by atoms with Crippen molar-refractivity contribution in [1.82, 2.24) is 10.2 Å². The molecule has 4 rings (SSSR count). The van der Waals surface area contributed by atoms with Gasteiger partial charge in [0.2, 0.25) is 0 Å².